The molecule has 0 aromatic heterocycles. The highest BCUT2D eigenvalue weighted by atomic mass is 16.6. The largest absolute Gasteiger partial charge is 0.411 e. The number of hydrogen-bond acceptors (Lipinski definition) is 3. The molecule has 0 saturated carbocycles. The predicted molar refractivity (Wildman–Crippen MR) is 81.4 cm³/mol. The van der Waals surface area contributed by atoms with E-state index in [2.05, 4.69) is 24.3 Å². The van der Waals surface area contributed by atoms with Crippen LogP contribution in [-0.4, -0.2) is 11.7 Å². The summed E-state index contributed by atoms with van der Waals surface area (Å²) in [5, 5.41) is 9.39. The van der Waals surface area contributed by atoms with Gasteiger partial charge in [0.05, 0.1) is 0 Å². The summed E-state index contributed by atoms with van der Waals surface area (Å²) in [7, 11) is 0. The minimum atomic E-state index is 0.0922. The highest BCUT2D eigenvalue weighted by Gasteiger charge is 2.19. The maximum Gasteiger partial charge on any atom is 0.150 e. The minimum Gasteiger partial charge on any atom is -0.411 e. The molecule has 0 amide bonds. The normalized spacial score (nSPS) is 15.7. The summed E-state index contributed by atoms with van der Waals surface area (Å²) in [4.78, 5) is 5.00. The van der Waals surface area contributed by atoms with E-state index in [-0.39, 0.29) is 12.5 Å². The van der Waals surface area contributed by atoms with Crippen LogP contribution in [0.3, 0.4) is 0 Å². The Kier molecular flexibility index (Phi) is 5.16. The number of aryl methyl sites for hydroxylation is 1. The summed E-state index contributed by atoms with van der Waals surface area (Å²) in [5.41, 5.74) is 3.37. The molecular formula is C17H21NO2. The van der Waals surface area contributed by atoms with Crippen molar-refractivity contribution < 1.29 is 9.94 Å². The molecule has 3 N–H and O–H groups in total. The predicted octanol–water partition coefficient (Wildman–Crippen LogP) is 3.16. The molecule has 0 aliphatic heterocycles. The molecule has 0 spiro atoms. The van der Waals surface area contributed by atoms with Gasteiger partial charge in [-0.05, 0) is 31.4 Å². The van der Waals surface area contributed by atoms with Gasteiger partial charge in [0.1, 0.15) is 0 Å². The van der Waals surface area contributed by atoms with Crippen molar-refractivity contribution in [2.75, 3.05) is 6.61 Å². The van der Waals surface area contributed by atoms with Gasteiger partial charge in [-0.2, -0.15) is 5.90 Å². The van der Waals surface area contributed by atoms with Crippen LogP contribution in [0.5, 0.6) is 5.75 Å². The molecule has 0 fully saturated rings. The molecule has 0 heterocycles. The summed E-state index contributed by atoms with van der Waals surface area (Å²) in [5.74, 6) is 6.14. The zero-order valence-corrected chi connectivity index (χ0v) is 11.8. The molecule has 1 atom stereocenters. The molecule has 2 rings (SSSR count). The minimum absolute atomic E-state index is 0.0922. The lowest BCUT2D eigenvalue weighted by Crippen LogP contribution is -2.10. The average molecular weight is 271 g/mol. The van der Waals surface area contributed by atoms with Gasteiger partial charge in [-0.25, -0.2) is 0 Å². The van der Waals surface area contributed by atoms with E-state index in [1.54, 1.807) is 0 Å². The Balaban J connectivity index is 2.42. The molecule has 3 heteroatoms. The second-order valence-electron chi connectivity index (χ2n) is 4.95. The van der Waals surface area contributed by atoms with Gasteiger partial charge in [-0.1, -0.05) is 48.1 Å². The molecule has 0 saturated heterocycles. The number of aliphatic hydroxyl groups excluding tert-OH is 1. The Bertz CT molecular complexity index is 544. The van der Waals surface area contributed by atoms with Crippen LogP contribution < -0.4 is 10.7 Å². The quantitative estimate of drug-likeness (QED) is 0.809. The van der Waals surface area contributed by atoms with Gasteiger partial charge in [0.15, 0.2) is 5.75 Å². The maximum absolute atomic E-state index is 9.39. The summed E-state index contributed by atoms with van der Waals surface area (Å²) < 4.78 is 0. The van der Waals surface area contributed by atoms with Crippen LogP contribution in [0.4, 0.5) is 0 Å². The van der Waals surface area contributed by atoms with Crippen molar-refractivity contribution in [3.05, 3.63) is 65.3 Å². The zero-order chi connectivity index (χ0) is 14.4. The van der Waals surface area contributed by atoms with Crippen molar-refractivity contribution in [3.8, 4) is 5.75 Å². The maximum atomic E-state index is 9.39. The van der Waals surface area contributed by atoms with Gasteiger partial charge in [-0.3, -0.25) is 0 Å². The Morgan fingerprint density at radius 1 is 1.35 bits per heavy atom. The molecule has 0 radical (unpaired) electrons. The van der Waals surface area contributed by atoms with Crippen LogP contribution in [0.2, 0.25) is 0 Å². The molecule has 1 unspecified atom stereocenters. The lowest BCUT2D eigenvalue weighted by atomic mass is 9.86. The molecular weight excluding hydrogens is 250 g/mol. The third-order valence-corrected chi connectivity index (χ3v) is 3.51. The second kappa shape index (κ2) is 7.08. The van der Waals surface area contributed by atoms with Crippen molar-refractivity contribution in [3.63, 3.8) is 0 Å². The average Bonchev–Trinajstić information content (AvgIpc) is 2.73. The Morgan fingerprint density at radius 2 is 2.20 bits per heavy atom. The first kappa shape index (κ1) is 14.6. The van der Waals surface area contributed by atoms with Crippen molar-refractivity contribution in [1.29, 1.82) is 0 Å². The number of hydrogen-bond donors (Lipinski definition) is 2. The smallest absolute Gasteiger partial charge is 0.150 e. The third-order valence-electron chi connectivity index (χ3n) is 3.51. The standard InChI is InChI=1S/C17H21NO2/c1-13-8-9-17(20-18)16(12-13)15(10-11-19)14-6-4-2-3-5-7-14/h2-4,6-9,12,15,19H,5,10-11,18H2,1H3. The van der Waals surface area contributed by atoms with Gasteiger partial charge in [-0.15, -0.1) is 0 Å². The zero-order valence-electron chi connectivity index (χ0n) is 11.8. The number of nitrogens with two attached hydrogens (primary N) is 1. The lowest BCUT2D eigenvalue weighted by molar-refractivity contribution is 0.278. The van der Waals surface area contributed by atoms with Crippen LogP contribution in [-0.2, 0) is 0 Å². The molecule has 106 valence electrons. The summed E-state index contributed by atoms with van der Waals surface area (Å²) in [6.45, 7) is 2.17. The number of rotatable bonds is 5. The first-order valence-corrected chi connectivity index (χ1v) is 6.87. The van der Waals surface area contributed by atoms with E-state index in [4.69, 9.17) is 10.7 Å². The summed E-state index contributed by atoms with van der Waals surface area (Å²) in [6.07, 6.45) is 12.0. The number of allylic oxidation sites excluding steroid dienone is 6. The van der Waals surface area contributed by atoms with E-state index in [1.807, 2.05) is 31.2 Å². The van der Waals surface area contributed by atoms with Crippen molar-refractivity contribution in [2.24, 2.45) is 5.90 Å². The highest BCUT2D eigenvalue weighted by Crippen LogP contribution is 2.36. The van der Waals surface area contributed by atoms with E-state index in [9.17, 15) is 5.11 Å². The first-order chi connectivity index (χ1) is 9.76. The molecule has 0 bridgehead atoms. The lowest BCUT2D eigenvalue weighted by Gasteiger charge is -2.20. The molecule has 1 aliphatic rings. The molecule has 20 heavy (non-hydrogen) atoms. The third kappa shape index (κ3) is 3.38. The van der Waals surface area contributed by atoms with Gasteiger partial charge in [0.2, 0.25) is 0 Å². The molecule has 1 aromatic rings. The van der Waals surface area contributed by atoms with Gasteiger partial charge >= 0.3 is 0 Å². The molecule has 1 aromatic carbocycles. The van der Waals surface area contributed by atoms with Crippen molar-refractivity contribution >= 4 is 0 Å². The second-order valence-corrected chi connectivity index (χ2v) is 4.95. The highest BCUT2D eigenvalue weighted by molar-refractivity contribution is 5.46. The van der Waals surface area contributed by atoms with E-state index < -0.39 is 0 Å². The van der Waals surface area contributed by atoms with Gasteiger partial charge in [0.25, 0.3) is 0 Å². The van der Waals surface area contributed by atoms with E-state index in [1.165, 1.54) is 5.57 Å². The van der Waals surface area contributed by atoms with Crippen LogP contribution in [0.15, 0.2) is 54.2 Å². The summed E-state index contributed by atoms with van der Waals surface area (Å²) >= 11 is 0. The van der Waals surface area contributed by atoms with E-state index >= 15 is 0 Å². The Morgan fingerprint density at radius 3 is 2.95 bits per heavy atom. The van der Waals surface area contributed by atoms with Crippen molar-refractivity contribution in [1.82, 2.24) is 0 Å². The fourth-order valence-electron chi connectivity index (χ4n) is 2.53. The number of benzene rings is 1. The topological polar surface area (TPSA) is 55.5 Å². The first-order valence-electron chi connectivity index (χ1n) is 6.87. The molecule has 1 aliphatic carbocycles. The number of aliphatic hydroxyl groups is 1. The van der Waals surface area contributed by atoms with Gasteiger partial charge < -0.3 is 9.94 Å². The van der Waals surface area contributed by atoms with Crippen LogP contribution >= 0.6 is 0 Å². The van der Waals surface area contributed by atoms with Crippen LogP contribution in [0, 0.1) is 6.92 Å². The fraction of sp³-hybridized carbons (Fsp3) is 0.294. The Hall–Kier alpha value is -1.84. The Labute approximate surface area is 120 Å². The van der Waals surface area contributed by atoms with Gasteiger partial charge in [0, 0.05) is 18.1 Å². The molecule has 3 nitrogen and oxygen atoms in total. The fourth-order valence-corrected chi connectivity index (χ4v) is 2.53. The van der Waals surface area contributed by atoms with E-state index in [0.29, 0.717) is 12.2 Å². The van der Waals surface area contributed by atoms with E-state index in [0.717, 1.165) is 17.5 Å². The van der Waals surface area contributed by atoms with Crippen LogP contribution in [0.1, 0.15) is 29.9 Å². The van der Waals surface area contributed by atoms with Crippen molar-refractivity contribution in [2.45, 2.75) is 25.7 Å². The monoisotopic (exact) mass is 271 g/mol. The van der Waals surface area contributed by atoms with Crippen LogP contribution in [0.25, 0.3) is 0 Å². The SMILES string of the molecule is Cc1ccc(ON)c(C(CCO)C2=CCC=CC=C2)c1. The summed E-state index contributed by atoms with van der Waals surface area (Å²) in [6, 6.07) is 5.93.